The first kappa shape index (κ1) is 7.55. The molecule has 1 aliphatic heterocycles. The van der Waals surface area contributed by atoms with Crippen LogP contribution in [0.2, 0.25) is 0 Å². The third-order valence-corrected chi connectivity index (χ3v) is 2.83. The molecule has 54 valence electrons. The molecule has 0 aromatic heterocycles. The molecule has 0 aromatic rings. The van der Waals surface area contributed by atoms with Gasteiger partial charge in [0.25, 0.3) is 0 Å². The average molecular weight is 192 g/mol. The fraction of sp³-hybridized carbons (Fsp3) is 1.00. The van der Waals surface area contributed by atoms with Gasteiger partial charge in [0.1, 0.15) is 0 Å². The van der Waals surface area contributed by atoms with E-state index >= 15 is 0 Å². The number of rotatable bonds is 2. The molecule has 0 aliphatic carbocycles. The van der Waals surface area contributed by atoms with Crippen molar-refractivity contribution in [3.8, 4) is 0 Å². The SMILES string of the molecule is CCN1CCCC1CBr. The highest BCUT2D eigenvalue weighted by Gasteiger charge is 2.20. The molecule has 0 N–H and O–H groups in total. The van der Waals surface area contributed by atoms with Gasteiger partial charge in [-0.1, -0.05) is 22.9 Å². The standard InChI is InChI=1S/C7H14BrN/c1-2-9-5-3-4-7(9)6-8/h7H,2-6H2,1H3. The summed E-state index contributed by atoms with van der Waals surface area (Å²) in [7, 11) is 0. The minimum Gasteiger partial charge on any atom is -0.300 e. The summed E-state index contributed by atoms with van der Waals surface area (Å²) in [6, 6.07) is 0.829. The molecule has 1 rings (SSSR count). The molecule has 1 nitrogen and oxygen atoms in total. The molecule has 0 bridgehead atoms. The van der Waals surface area contributed by atoms with Crippen LogP contribution in [0.4, 0.5) is 0 Å². The predicted molar refractivity (Wildman–Crippen MR) is 44.1 cm³/mol. The van der Waals surface area contributed by atoms with E-state index in [1.54, 1.807) is 0 Å². The van der Waals surface area contributed by atoms with E-state index in [2.05, 4.69) is 27.8 Å². The van der Waals surface area contributed by atoms with Gasteiger partial charge in [0.05, 0.1) is 0 Å². The van der Waals surface area contributed by atoms with Crippen molar-refractivity contribution in [3.63, 3.8) is 0 Å². The summed E-state index contributed by atoms with van der Waals surface area (Å²) in [5.74, 6) is 0. The number of hydrogen-bond acceptors (Lipinski definition) is 1. The van der Waals surface area contributed by atoms with Gasteiger partial charge in [-0.25, -0.2) is 0 Å². The molecule has 2 heteroatoms. The Morgan fingerprint density at radius 2 is 2.44 bits per heavy atom. The van der Waals surface area contributed by atoms with Crippen LogP contribution in [-0.2, 0) is 0 Å². The Morgan fingerprint density at radius 3 is 2.89 bits per heavy atom. The van der Waals surface area contributed by atoms with Crippen LogP contribution in [0.15, 0.2) is 0 Å². The smallest absolute Gasteiger partial charge is 0.0193 e. The molecular weight excluding hydrogens is 178 g/mol. The summed E-state index contributed by atoms with van der Waals surface area (Å²) in [5.41, 5.74) is 0. The van der Waals surface area contributed by atoms with Crippen molar-refractivity contribution in [2.75, 3.05) is 18.4 Å². The summed E-state index contributed by atoms with van der Waals surface area (Å²) in [4.78, 5) is 2.54. The first-order valence-corrected chi connectivity index (χ1v) is 4.80. The lowest BCUT2D eigenvalue weighted by atomic mass is 10.2. The Hall–Kier alpha value is 0.440. The van der Waals surface area contributed by atoms with E-state index in [-0.39, 0.29) is 0 Å². The molecule has 0 amide bonds. The Balaban J connectivity index is 2.32. The van der Waals surface area contributed by atoms with Crippen LogP contribution in [0.1, 0.15) is 19.8 Å². The van der Waals surface area contributed by atoms with Crippen LogP contribution in [0.5, 0.6) is 0 Å². The zero-order chi connectivity index (χ0) is 6.69. The molecule has 1 heterocycles. The van der Waals surface area contributed by atoms with E-state index in [0.29, 0.717) is 0 Å². The molecular formula is C7H14BrN. The quantitative estimate of drug-likeness (QED) is 0.603. The molecule has 0 saturated carbocycles. The maximum Gasteiger partial charge on any atom is 0.0193 e. The Labute approximate surface area is 65.6 Å². The Morgan fingerprint density at radius 1 is 1.67 bits per heavy atom. The second kappa shape index (κ2) is 3.57. The maximum atomic E-state index is 3.52. The highest BCUT2D eigenvalue weighted by Crippen LogP contribution is 2.17. The minimum absolute atomic E-state index is 0.829. The highest BCUT2D eigenvalue weighted by molar-refractivity contribution is 9.09. The van der Waals surface area contributed by atoms with Crippen LogP contribution >= 0.6 is 15.9 Å². The van der Waals surface area contributed by atoms with Crippen molar-refractivity contribution in [1.29, 1.82) is 0 Å². The normalized spacial score (nSPS) is 29.3. The van der Waals surface area contributed by atoms with Gasteiger partial charge < -0.3 is 0 Å². The van der Waals surface area contributed by atoms with Crippen molar-refractivity contribution in [1.82, 2.24) is 4.90 Å². The largest absolute Gasteiger partial charge is 0.300 e. The Kier molecular flexibility index (Phi) is 2.99. The van der Waals surface area contributed by atoms with E-state index in [1.807, 2.05) is 0 Å². The van der Waals surface area contributed by atoms with Crippen LogP contribution in [0, 0.1) is 0 Å². The van der Waals surface area contributed by atoms with Crippen molar-refractivity contribution >= 4 is 15.9 Å². The van der Waals surface area contributed by atoms with E-state index < -0.39 is 0 Å². The number of hydrogen-bond donors (Lipinski definition) is 0. The summed E-state index contributed by atoms with van der Waals surface area (Å²) in [6.07, 6.45) is 2.78. The summed E-state index contributed by atoms with van der Waals surface area (Å²) < 4.78 is 0. The van der Waals surface area contributed by atoms with E-state index in [9.17, 15) is 0 Å². The number of alkyl halides is 1. The lowest BCUT2D eigenvalue weighted by Gasteiger charge is -2.19. The van der Waals surface area contributed by atoms with Gasteiger partial charge in [0.2, 0.25) is 0 Å². The molecule has 0 aromatic carbocycles. The molecule has 1 fully saturated rings. The molecule has 0 spiro atoms. The van der Waals surface area contributed by atoms with Gasteiger partial charge in [-0.15, -0.1) is 0 Å². The van der Waals surface area contributed by atoms with Crippen LogP contribution < -0.4 is 0 Å². The Bertz CT molecular complexity index is 75.0. The van der Waals surface area contributed by atoms with E-state index in [1.165, 1.54) is 25.9 Å². The monoisotopic (exact) mass is 191 g/mol. The first-order valence-electron chi connectivity index (χ1n) is 3.68. The van der Waals surface area contributed by atoms with Crippen molar-refractivity contribution in [3.05, 3.63) is 0 Å². The lowest BCUT2D eigenvalue weighted by Crippen LogP contribution is -2.29. The molecule has 1 atom stereocenters. The number of likely N-dealkylation sites (tertiary alicyclic amines) is 1. The molecule has 1 unspecified atom stereocenters. The van der Waals surface area contributed by atoms with Crippen LogP contribution in [-0.4, -0.2) is 29.4 Å². The van der Waals surface area contributed by atoms with E-state index in [4.69, 9.17) is 0 Å². The highest BCUT2D eigenvalue weighted by atomic mass is 79.9. The number of nitrogens with zero attached hydrogens (tertiary/aromatic N) is 1. The maximum absolute atomic E-state index is 3.52. The van der Waals surface area contributed by atoms with Gasteiger partial charge in [-0.3, -0.25) is 4.90 Å². The van der Waals surface area contributed by atoms with Gasteiger partial charge in [-0.2, -0.15) is 0 Å². The average Bonchev–Trinajstić information content (AvgIpc) is 2.33. The van der Waals surface area contributed by atoms with Gasteiger partial charge in [-0.05, 0) is 25.9 Å². The minimum atomic E-state index is 0.829. The predicted octanol–water partition coefficient (Wildman–Crippen LogP) is 1.87. The van der Waals surface area contributed by atoms with Crippen LogP contribution in [0.25, 0.3) is 0 Å². The van der Waals surface area contributed by atoms with E-state index in [0.717, 1.165) is 11.4 Å². The molecule has 9 heavy (non-hydrogen) atoms. The lowest BCUT2D eigenvalue weighted by molar-refractivity contribution is 0.288. The first-order chi connectivity index (χ1) is 4.38. The van der Waals surface area contributed by atoms with Crippen LogP contribution in [0.3, 0.4) is 0 Å². The van der Waals surface area contributed by atoms with Crippen molar-refractivity contribution in [2.24, 2.45) is 0 Å². The zero-order valence-corrected chi connectivity index (χ0v) is 7.52. The number of halogens is 1. The zero-order valence-electron chi connectivity index (χ0n) is 5.94. The third-order valence-electron chi connectivity index (χ3n) is 2.08. The van der Waals surface area contributed by atoms with Gasteiger partial charge >= 0.3 is 0 Å². The summed E-state index contributed by atoms with van der Waals surface area (Å²) >= 11 is 3.52. The third kappa shape index (κ3) is 1.68. The molecule has 1 saturated heterocycles. The van der Waals surface area contributed by atoms with Gasteiger partial charge in [0, 0.05) is 11.4 Å². The second-order valence-electron chi connectivity index (χ2n) is 2.58. The van der Waals surface area contributed by atoms with Gasteiger partial charge in [0.15, 0.2) is 0 Å². The summed E-state index contributed by atoms with van der Waals surface area (Å²) in [5, 5.41) is 1.15. The second-order valence-corrected chi connectivity index (χ2v) is 3.23. The fourth-order valence-electron chi connectivity index (χ4n) is 1.49. The molecule has 0 radical (unpaired) electrons. The topological polar surface area (TPSA) is 3.24 Å². The fourth-order valence-corrected chi connectivity index (χ4v) is 2.22. The molecule has 1 aliphatic rings. The summed E-state index contributed by atoms with van der Waals surface area (Å²) in [6.45, 7) is 4.77. The van der Waals surface area contributed by atoms with Crippen molar-refractivity contribution in [2.45, 2.75) is 25.8 Å². The van der Waals surface area contributed by atoms with Crippen molar-refractivity contribution < 1.29 is 0 Å².